The van der Waals surface area contributed by atoms with E-state index in [4.69, 9.17) is 26.2 Å². The second-order valence-electron chi connectivity index (χ2n) is 3.66. The molecule has 0 aliphatic rings. The molecule has 0 bridgehead atoms. The normalized spacial score (nSPS) is 10.1. The first kappa shape index (κ1) is 13.9. The van der Waals surface area contributed by atoms with Crippen LogP contribution in [0.1, 0.15) is 18.9 Å². The van der Waals surface area contributed by atoms with Crippen molar-refractivity contribution in [2.24, 2.45) is 0 Å². The van der Waals surface area contributed by atoms with Crippen LogP contribution >= 0.6 is 11.6 Å². The first-order valence-electron chi connectivity index (χ1n) is 5.39. The Labute approximate surface area is 107 Å². The summed E-state index contributed by atoms with van der Waals surface area (Å²) < 4.78 is 10.8. The van der Waals surface area contributed by atoms with Crippen molar-refractivity contribution in [2.75, 3.05) is 13.7 Å². The fourth-order valence-electron chi connectivity index (χ4n) is 1.28. The topological polar surface area (TPSA) is 38.7 Å². The van der Waals surface area contributed by atoms with Crippen molar-refractivity contribution in [3.63, 3.8) is 0 Å². The summed E-state index contributed by atoms with van der Waals surface area (Å²) in [4.78, 5) is 0. The Kier molecular flexibility index (Phi) is 5.32. The third kappa shape index (κ3) is 3.65. The number of aliphatic hydroxyl groups excluding tert-OH is 1. The van der Waals surface area contributed by atoms with Gasteiger partial charge in [0.2, 0.25) is 0 Å². The summed E-state index contributed by atoms with van der Waals surface area (Å²) in [6.45, 7) is 6.19. The van der Waals surface area contributed by atoms with Gasteiger partial charge < -0.3 is 14.6 Å². The van der Waals surface area contributed by atoms with Gasteiger partial charge in [-0.2, -0.15) is 0 Å². The maximum absolute atomic E-state index is 9.06. The van der Waals surface area contributed by atoms with Gasteiger partial charge in [-0.25, -0.2) is 0 Å². The lowest BCUT2D eigenvalue weighted by atomic mass is 10.2. The van der Waals surface area contributed by atoms with Crippen LogP contribution in [0.3, 0.4) is 0 Å². The molecule has 1 N–H and O–H groups in total. The van der Waals surface area contributed by atoms with Gasteiger partial charge in [-0.05, 0) is 29.7 Å². The van der Waals surface area contributed by atoms with Crippen molar-refractivity contribution in [1.82, 2.24) is 0 Å². The molecule has 3 nitrogen and oxygen atoms in total. The van der Waals surface area contributed by atoms with Gasteiger partial charge in [0.1, 0.15) is 6.61 Å². The minimum absolute atomic E-state index is 0.0853. The van der Waals surface area contributed by atoms with E-state index in [2.05, 4.69) is 6.58 Å². The van der Waals surface area contributed by atoms with Gasteiger partial charge >= 0.3 is 0 Å². The molecule has 0 spiro atoms. The molecule has 94 valence electrons. The number of halogens is 1. The van der Waals surface area contributed by atoms with Crippen LogP contribution in [0, 0.1) is 0 Å². The molecule has 0 aliphatic heterocycles. The molecule has 0 aromatic heterocycles. The van der Waals surface area contributed by atoms with Crippen LogP contribution in [-0.4, -0.2) is 18.8 Å². The summed E-state index contributed by atoms with van der Waals surface area (Å²) in [5.41, 5.74) is 1.67. The van der Waals surface area contributed by atoms with Crippen molar-refractivity contribution in [2.45, 2.75) is 20.0 Å². The third-order valence-corrected chi connectivity index (χ3v) is 2.67. The van der Waals surface area contributed by atoms with Gasteiger partial charge in [0, 0.05) is 0 Å². The van der Waals surface area contributed by atoms with Gasteiger partial charge in [-0.15, -0.1) is 0 Å². The number of rotatable bonds is 6. The van der Waals surface area contributed by atoms with E-state index in [1.807, 2.05) is 6.92 Å². The van der Waals surface area contributed by atoms with E-state index in [0.717, 1.165) is 12.0 Å². The first-order valence-corrected chi connectivity index (χ1v) is 5.76. The maximum atomic E-state index is 9.06. The van der Waals surface area contributed by atoms with Crippen molar-refractivity contribution >= 4 is 11.6 Å². The molecule has 0 amide bonds. The highest BCUT2D eigenvalue weighted by molar-refractivity contribution is 6.32. The Morgan fingerprint density at radius 2 is 2.18 bits per heavy atom. The minimum Gasteiger partial charge on any atom is -0.493 e. The van der Waals surface area contributed by atoms with Crippen molar-refractivity contribution in [3.05, 3.63) is 34.9 Å². The molecule has 0 heterocycles. The Hall–Kier alpha value is -1.19. The number of ether oxygens (including phenoxy) is 2. The van der Waals surface area contributed by atoms with E-state index in [1.165, 1.54) is 7.11 Å². The van der Waals surface area contributed by atoms with Crippen molar-refractivity contribution < 1.29 is 14.6 Å². The fourth-order valence-corrected chi connectivity index (χ4v) is 1.57. The summed E-state index contributed by atoms with van der Waals surface area (Å²) in [6, 6.07) is 3.37. The Morgan fingerprint density at radius 3 is 2.71 bits per heavy atom. The van der Waals surface area contributed by atoms with E-state index >= 15 is 0 Å². The zero-order valence-electron chi connectivity index (χ0n) is 10.1. The van der Waals surface area contributed by atoms with Gasteiger partial charge in [-0.3, -0.25) is 0 Å². The number of benzene rings is 1. The molecule has 17 heavy (non-hydrogen) atoms. The summed E-state index contributed by atoms with van der Waals surface area (Å²) in [6.07, 6.45) is 0.856. The quantitative estimate of drug-likeness (QED) is 0.795. The average molecular weight is 257 g/mol. The van der Waals surface area contributed by atoms with Crippen molar-refractivity contribution in [1.29, 1.82) is 0 Å². The lowest BCUT2D eigenvalue weighted by Gasteiger charge is -2.14. The second-order valence-corrected chi connectivity index (χ2v) is 4.07. The van der Waals surface area contributed by atoms with Crippen LogP contribution in [0.2, 0.25) is 5.02 Å². The van der Waals surface area contributed by atoms with Crippen molar-refractivity contribution in [3.8, 4) is 11.5 Å². The smallest absolute Gasteiger partial charge is 0.180 e. The molecule has 1 aromatic carbocycles. The number of hydrogen-bond donors (Lipinski definition) is 1. The van der Waals surface area contributed by atoms with Gasteiger partial charge in [0.15, 0.2) is 11.5 Å². The Morgan fingerprint density at radius 1 is 1.47 bits per heavy atom. The zero-order chi connectivity index (χ0) is 12.8. The molecule has 4 heteroatoms. The lowest BCUT2D eigenvalue weighted by molar-refractivity contribution is 0.279. The number of hydrogen-bond acceptors (Lipinski definition) is 3. The van der Waals surface area contributed by atoms with Crippen LogP contribution < -0.4 is 9.47 Å². The van der Waals surface area contributed by atoms with Gasteiger partial charge in [-0.1, -0.05) is 25.1 Å². The van der Waals surface area contributed by atoms with Crippen LogP contribution in [-0.2, 0) is 6.61 Å². The SMILES string of the molecule is C=C(CC)COc1c(Cl)cc(CO)cc1OC. The zero-order valence-corrected chi connectivity index (χ0v) is 10.9. The third-order valence-electron chi connectivity index (χ3n) is 2.39. The molecule has 0 saturated heterocycles. The largest absolute Gasteiger partial charge is 0.493 e. The van der Waals surface area contributed by atoms with E-state index in [-0.39, 0.29) is 6.61 Å². The second kappa shape index (κ2) is 6.52. The monoisotopic (exact) mass is 256 g/mol. The van der Waals surface area contributed by atoms with E-state index < -0.39 is 0 Å². The predicted octanol–water partition coefficient (Wildman–Crippen LogP) is 3.19. The minimum atomic E-state index is -0.0853. The highest BCUT2D eigenvalue weighted by Crippen LogP contribution is 2.36. The summed E-state index contributed by atoms with van der Waals surface area (Å²) in [5, 5.41) is 9.49. The van der Waals surface area contributed by atoms with Gasteiger partial charge in [0.25, 0.3) is 0 Å². The summed E-state index contributed by atoms with van der Waals surface area (Å²) in [7, 11) is 1.54. The summed E-state index contributed by atoms with van der Waals surface area (Å²) >= 11 is 6.07. The lowest BCUT2D eigenvalue weighted by Crippen LogP contribution is -2.02. The highest BCUT2D eigenvalue weighted by atomic mass is 35.5. The highest BCUT2D eigenvalue weighted by Gasteiger charge is 2.11. The molecule has 1 aromatic rings. The predicted molar refractivity (Wildman–Crippen MR) is 68.9 cm³/mol. The molecule has 0 unspecified atom stereocenters. The molecule has 0 radical (unpaired) electrons. The van der Waals surface area contributed by atoms with Crippen LogP contribution in [0.5, 0.6) is 11.5 Å². The van der Waals surface area contributed by atoms with E-state index in [1.54, 1.807) is 12.1 Å². The average Bonchev–Trinajstić information content (AvgIpc) is 2.35. The first-order chi connectivity index (χ1) is 8.12. The molecule has 1 rings (SSSR count). The molecule has 0 fully saturated rings. The van der Waals surface area contributed by atoms with Crippen LogP contribution in [0.25, 0.3) is 0 Å². The van der Waals surface area contributed by atoms with Crippen LogP contribution in [0.15, 0.2) is 24.3 Å². The molecule has 0 aliphatic carbocycles. The summed E-state index contributed by atoms with van der Waals surface area (Å²) in [5.74, 6) is 1.01. The Bertz CT molecular complexity index is 402. The molecule has 0 atom stereocenters. The number of methoxy groups -OCH3 is 1. The maximum Gasteiger partial charge on any atom is 0.180 e. The van der Waals surface area contributed by atoms with Gasteiger partial charge in [0.05, 0.1) is 18.7 Å². The number of aliphatic hydroxyl groups is 1. The van der Waals surface area contributed by atoms with E-state index in [0.29, 0.717) is 28.7 Å². The molecule has 0 saturated carbocycles. The molecular weight excluding hydrogens is 240 g/mol. The van der Waals surface area contributed by atoms with E-state index in [9.17, 15) is 0 Å². The van der Waals surface area contributed by atoms with Crippen LogP contribution in [0.4, 0.5) is 0 Å². The fraction of sp³-hybridized carbons (Fsp3) is 0.385. The standard InChI is InChI=1S/C13H17ClO3/c1-4-9(2)8-17-13-11(14)5-10(7-15)6-12(13)16-3/h5-6,15H,2,4,7-8H2,1,3H3. The Balaban J connectivity index is 2.93. The molecular formula is C13H17ClO3.